The molecule has 98 valence electrons. The van der Waals surface area contributed by atoms with E-state index in [2.05, 4.69) is 5.32 Å². The molecule has 0 aromatic heterocycles. The molecule has 1 aromatic rings. The lowest BCUT2D eigenvalue weighted by Gasteiger charge is -2.35. The van der Waals surface area contributed by atoms with Crippen molar-refractivity contribution in [3.05, 3.63) is 34.1 Å². The summed E-state index contributed by atoms with van der Waals surface area (Å²) in [5.74, 6) is -0.819. The van der Waals surface area contributed by atoms with Gasteiger partial charge in [0.25, 0.3) is 0 Å². The number of nitro groups is 1. The van der Waals surface area contributed by atoms with Crippen LogP contribution in [0.15, 0.2) is 18.2 Å². The van der Waals surface area contributed by atoms with Gasteiger partial charge in [-0.25, -0.2) is 0 Å². The number of benzene rings is 1. The standard InChI is InChI=1S/C12H15FN2O3/c1-12(5-7-18-8-6-12)14-10-4-2-3-9(13)11(10)15(16)17/h2-4,14H,5-8H2,1H3. The molecule has 0 aliphatic carbocycles. The molecule has 0 spiro atoms. The van der Waals surface area contributed by atoms with Gasteiger partial charge in [0, 0.05) is 18.8 Å². The van der Waals surface area contributed by atoms with Crippen LogP contribution >= 0.6 is 0 Å². The van der Waals surface area contributed by atoms with E-state index in [1.807, 2.05) is 6.92 Å². The largest absolute Gasteiger partial charge is 0.381 e. The predicted octanol–water partition coefficient (Wildman–Crippen LogP) is 2.71. The van der Waals surface area contributed by atoms with E-state index in [0.717, 1.165) is 18.9 Å². The molecule has 0 bridgehead atoms. The fourth-order valence-corrected chi connectivity index (χ4v) is 2.07. The summed E-state index contributed by atoms with van der Waals surface area (Å²) in [7, 11) is 0. The van der Waals surface area contributed by atoms with Crippen LogP contribution in [0.1, 0.15) is 19.8 Å². The zero-order valence-corrected chi connectivity index (χ0v) is 10.1. The predicted molar refractivity (Wildman–Crippen MR) is 65.1 cm³/mol. The van der Waals surface area contributed by atoms with Crippen LogP contribution in [0, 0.1) is 15.9 Å². The minimum Gasteiger partial charge on any atom is -0.381 e. The van der Waals surface area contributed by atoms with Gasteiger partial charge in [-0.05, 0) is 31.9 Å². The average molecular weight is 254 g/mol. The third-order valence-corrected chi connectivity index (χ3v) is 3.20. The van der Waals surface area contributed by atoms with Crippen LogP contribution in [0.5, 0.6) is 0 Å². The third kappa shape index (κ3) is 2.59. The van der Waals surface area contributed by atoms with Crippen LogP contribution in [0.25, 0.3) is 0 Å². The third-order valence-electron chi connectivity index (χ3n) is 3.20. The molecule has 1 N–H and O–H groups in total. The SMILES string of the molecule is CC1(Nc2cccc(F)c2[N+](=O)[O-])CCOCC1. The number of ether oxygens (including phenoxy) is 1. The smallest absolute Gasteiger partial charge is 0.327 e. The Morgan fingerprint density at radius 1 is 1.44 bits per heavy atom. The number of nitro benzene ring substituents is 1. The summed E-state index contributed by atoms with van der Waals surface area (Å²) >= 11 is 0. The van der Waals surface area contributed by atoms with Crippen LogP contribution in [0.3, 0.4) is 0 Å². The van der Waals surface area contributed by atoms with E-state index in [-0.39, 0.29) is 11.2 Å². The Bertz CT molecular complexity index is 459. The fourth-order valence-electron chi connectivity index (χ4n) is 2.07. The highest BCUT2D eigenvalue weighted by Gasteiger charge is 2.30. The maximum absolute atomic E-state index is 13.5. The molecule has 2 rings (SSSR count). The van der Waals surface area contributed by atoms with E-state index in [1.165, 1.54) is 12.1 Å². The Kier molecular flexibility index (Phi) is 3.47. The summed E-state index contributed by atoms with van der Waals surface area (Å²) in [6.45, 7) is 3.17. The Morgan fingerprint density at radius 2 is 2.11 bits per heavy atom. The first-order valence-electron chi connectivity index (χ1n) is 5.81. The van der Waals surface area contributed by atoms with Crippen molar-refractivity contribution >= 4 is 11.4 Å². The topological polar surface area (TPSA) is 64.4 Å². The number of nitrogens with zero attached hydrogens (tertiary/aromatic N) is 1. The van der Waals surface area contributed by atoms with Gasteiger partial charge in [0.05, 0.1) is 4.92 Å². The fraction of sp³-hybridized carbons (Fsp3) is 0.500. The number of halogens is 1. The zero-order valence-electron chi connectivity index (χ0n) is 10.1. The van der Waals surface area contributed by atoms with Crippen molar-refractivity contribution in [1.29, 1.82) is 0 Å². The van der Waals surface area contributed by atoms with E-state index >= 15 is 0 Å². The summed E-state index contributed by atoms with van der Waals surface area (Å²) in [6.07, 6.45) is 1.47. The van der Waals surface area contributed by atoms with Crippen LogP contribution in [0.2, 0.25) is 0 Å². The number of hydrogen-bond donors (Lipinski definition) is 1. The molecular formula is C12H15FN2O3. The van der Waals surface area contributed by atoms with Gasteiger partial charge in [0.1, 0.15) is 5.69 Å². The minimum absolute atomic E-state index is 0.226. The quantitative estimate of drug-likeness (QED) is 0.665. The normalized spacial score (nSPS) is 18.3. The maximum atomic E-state index is 13.5. The molecule has 0 saturated carbocycles. The van der Waals surface area contributed by atoms with Gasteiger partial charge in [-0.15, -0.1) is 0 Å². The molecule has 1 saturated heterocycles. The first kappa shape index (κ1) is 12.8. The second-order valence-electron chi connectivity index (χ2n) is 4.69. The van der Waals surface area contributed by atoms with E-state index in [1.54, 1.807) is 0 Å². The van der Waals surface area contributed by atoms with Crippen molar-refractivity contribution in [2.75, 3.05) is 18.5 Å². The van der Waals surface area contributed by atoms with E-state index in [9.17, 15) is 14.5 Å². The van der Waals surface area contributed by atoms with Gasteiger partial charge < -0.3 is 10.1 Å². The number of para-hydroxylation sites is 1. The van der Waals surface area contributed by atoms with Crippen molar-refractivity contribution in [3.8, 4) is 0 Å². The molecule has 6 heteroatoms. The molecule has 18 heavy (non-hydrogen) atoms. The molecule has 0 amide bonds. The zero-order chi connectivity index (χ0) is 13.2. The molecule has 1 heterocycles. The van der Waals surface area contributed by atoms with Crippen LogP contribution in [0.4, 0.5) is 15.8 Å². The first-order valence-corrected chi connectivity index (χ1v) is 5.81. The number of hydrogen-bond acceptors (Lipinski definition) is 4. The van der Waals surface area contributed by atoms with Gasteiger partial charge in [-0.3, -0.25) is 10.1 Å². The van der Waals surface area contributed by atoms with Gasteiger partial charge in [0.2, 0.25) is 5.82 Å². The molecule has 0 radical (unpaired) electrons. The lowest BCUT2D eigenvalue weighted by Crippen LogP contribution is -2.40. The molecule has 1 aliphatic heterocycles. The molecule has 1 aromatic carbocycles. The van der Waals surface area contributed by atoms with Crippen molar-refractivity contribution < 1.29 is 14.1 Å². The van der Waals surface area contributed by atoms with Crippen molar-refractivity contribution in [1.82, 2.24) is 0 Å². The molecular weight excluding hydrogens is 239 g/mol. The molecule has 0 atom stereocenters. The average Bonchev–Trinajstić information content (AvgIpc) is 2.28. The van der Waals surface area contributed by atoms with E-state index in [0.29, 0.717) is 13.2 Å². The van der Waals surface area contributed by atoms with Gasteiger partial charge in [0.15, 0.2) is 0 Å². The molecule has 5 nitrogen and oxygen atoms in total. The van der Waals surface area contributed by atoms with Gasteiger partial charge in [-0.2, -0.15) is 4.39 Å². The van der Waals surface area contributed by atoms with Crippen LogP contribution < -0.4 is 5.32 Å². The molecule has 0 unspecified atom stereocenters. The highest BCUT2D eigenvalue weighted by Crippen LogP contribution is 2.32. The Hall–Kier alpha value is -1.69. The minimum atomic E-state index is -0.819. The summed E-state index contributed by atoms with van der Waals surface area (Å²) in [6, 6.07) is 4.09. The summed E-state index contributed by atoms with van der Waals surface area (Å²) in [4.78, 5) is 10.2. The van der Waals surface area contributed by atoms with E-state index in [4.69, 9.17) is 4.74 Å². The Morgan fingerprint density at radius 3 is 2.72 bits per heavy atom. The highest BCUT2D eigenvalue weighted by atomic mass is 19.1. The Labute approximate surface area is 104 Å². The van der Waals surface area contributed by atoms with Crippen molar-refractivity contribution in [2.45, 2.75) is 25.3 Å². The monoisotopic (exact) mass is 254 g/mol. The number of anilines is 1. The maximum Gasteiger partial charge on any atom is 0.327 e. The second kappa shape index (κ2) is 4.89. The first-order chi connectivity index (χ1) is 8.52. The van der Waals surface area contributed by atoms with Gasteiger partial charge >= 0.3 is 5.69 Å². The number of nitrogens with one attached hydrogen (secondary N) is 1. The second-order valence-corrected chi connectivity index (χ2v) is 4.69. The van der Waals surface area contributed by atoms with Gasteiger partial charge in [-0.1, -0.05) is 6.07 Å². The summed E-state index contributed by atoms with van der Waals surface area (Å²) in [5, 5.41) is 14.0. The Balaban J connectivity index is 2.28. The highest BCUT2D eigenvalue weighted by molar-refractivity contribution is 5.63. The summed E-state index contributed by atoms with van der Waals surface area (Å²) < 4.78 is 18.7. The van der Waals surface area contributed by atoms with Crippen molar-refractivity contribution in [3.63, 3.8) is 0 Å². The van der Waals surface area contributed by atoms with Crippen LogP contribution in [-0.2, 0) is 4.74 Å². The lowest BCUT2D eigenvalue weighted by molar-refractivity contribution is -0.386. The van der Waals surface area contributed by atoms with E-state index < -0.39 is 16.4 Å². The van der Waals surface area contributed by atoms with Crippen LogP contribution in [-0.4, -0.2) is 23.7 Å². The molecule has 1 aliphatic rings. The number of rotatable bonds is 3. The summed E-state index contributed by atoms with van der Waals surface area (Å²) in [5.41, 5.74) is -0.564. The lowest BCUT2D eigenvalue weighted by atomic mass is 9.92. The van der Waals surface area contributed by atoms with Crippen molar-refractivity contribution in [2.24, 2.45) is 0 Å². The molecule has 1 fully saturated rings.